The van der Waals surface area contributed by atoms with Crippen LogP contribution in [0.4, 0.5) is 0 Å². The van der Waals surface area contributed by atoms with Crippen LogP contribution in [0.3, 0.4) is 0 Å². The fourth-order valence-corrected chi connectivity index (χ4v) is 1.44. The number of carboxylic acids is 1. The number of amides is 1. The first kappa shape index (κ1) is 16.4. The van der Waals surface area contributed by atoms with Gasteiger partial charge in [0.05, 0.1) is 5.56 Å². The number of carbonyl (C=O) groups excluding carboxylic acids is 1. The van der Waals surface area contributed by atoms with Gasteiger partial charge in [-0.15, -0.1) is 0 Å². The molecule has 0 aliphatic rings. The zero-order valence-electron chi connectivity index (χ0n) is 12.4. The molecular weight excluding hydrogens is 266 g/mol. The van der Waals surface area contributed by atoms with E-state index in [9.17, 15) is 9.59 Å². The topological polar surface area (TPSA) is 57.6 Å². The van der Waals surface area contributed by atoms with Gasteiger partial charge >= 0.3 is 5.97 Å². The van der Waals surface area contributed by atoms with Crippen LogP contribution in [-0.2, 0) is 4.79 Å². The summed E-state index contributed by atoms with van der Waals surface area (Å²) >= 11 is 0. The third-order valence-corrected chi connectivity index (χ3v) is 2.87. The van der Waals surface area contributed by atoms with Crippen LogP contribution >= 0.6 is 0 Å². The molecular formula is C17H19NO3. The Labute approximate surface area is 124 Å². The standard InChI is InChI=1S/C13H10O2.C4H9NO/c14-13(15)12-8-6-11(7-9-12)10-4-2-1-3-5-10;1-4(6)5(2)3/h1-9H,(H,14,15);1-3H3. The molecule has 0 atom stereocenters. The van der Waals surface area contributed by atoms with Gasteiger partial charge in [-0.25, -0.2) is 4.79 Å². The molecule has 0 aliphatic carbocycles. The summed E-state index contributed by atoms with van der Waals surface area (Å²) in [5, 5.41) is 8.75. The zero-order valence-corrected chi connectivity index (χ0v) is 12.4. The molecule has 21 heavy (non-hydrogen) atoms. The number of hydrogen-bond donors (Lipinski definition) is 1. The maximum Gasteiger partial charge on any atom is 0.335 e. The molecule has 4 heteroatoms. The fraction of sp³-hybridized carbons (Fsp3) is 0.176. The highest BCUT2D eigenvalue weighted by Gasteiger charge is 2.02. The average molecular weight is 285 g/mol. The van der Waals surface area contributed by atoms with Crippen molar-refractivity contribution in [2.75, 3.05) is 14.1 Å². The van der Waals surface area contributed by atoms with E-state index in [0.29, 0.717) is 5.56 Å². The van der Waals surface area contributed by atoms with Crippen molar-refractivity contribution < 1.29 is 14.7 Å². The molecule has 2 aromatic rings. The molecule has 0 fully saturated rings. The fourth-order valence-electron chi connectivity index (χ4n) is 1.44. The van der Waals surface area contributed by atoms with Gasteiger partial charge in [-0.2, -0.15) is 0 Å². The quantitative estimate of drug-likeness (QED) is 0.922. The molecule has 0 saturated carbocycles. The first-order chi connectivity index (χ1) is 9.91. The van der Waals surface area contributed by atoms with Crippen LogP contribution in [0.25, 0.3) is 11.1 Å². The summed E-state index contributed by atoms with van der Waals surface area (Å²) in [6, 6.07) is 16.7. The smallest absolute Gasteiger partial charge is 0.335 e. The van der Waals surface area contributed by atoms with Gasteiger partial charge in [-0.05, 0) is 23.3 Å². The lowest BCUT2D eigenvalue weighted by atomic mass is 10.0. The molecule has 0 spiro atoms. The number of rotatable bonds is 2. The van der Waals surface area contributed by atoms with E-state index in [2.05, 4.69) is 0 Å². The van der Waals surface area contributed by atoms with Crippen molar-refractivity contribution in [2.45, 2.75) is 6.92 Å². The number of aromatic carboxylic acids is 1. The van der Waals surface area contributed by atoms with Crippen molar-refractivity contribution in [1.82, 2.24) is 4.90 Å². The van der Waals surface area contributed by atoms with E-state index in [-0.39, 0.29) is 5.91 Å². The summed E-state index contributed by atoms with van der Waals surface area (Å²) in [5.74, 6) is -0.801. The van der Waals surface area contributed by atoms with Gasteiger partial charge in [-0.1, -0.05) is 42.5 Å². The van der Waals surface area contributed by atoms with E-state index in [1.807, 2.05) is 42.5 Å². The number of carbonyl (C=O) groups is 2. The molecule has 2 aromatic carbocycles. The van der Waals surface area contributed by atoms with E-state index in [1.54, 1.807) is 26.2 Å². The highest BCUT2D eigenvalue weighted by Crippen LogP contribution is 2.18. The van der Waals surface area contributed by atoms with Crippen LogP contribution in [0.5, 0.6) is 0 Å². The van der Waals surface area contributed by atoms with Crippen LogP contribution in [0.1, 0.15) is 17.3 Å². The van der Waals surface area contributed by atoms with Gasteiger partial charge in [0.1, 0.15) is 0 Å². The molecule has 1 N–H and O–H groups in total. The summed E-state index contributed by atoms with van der Waals surface area (Å²) in [6.45, 7) is 1.53. The van der Waals surface area contributed by atoms with Crippen LogP contribution in [0.2, 0.25) is 0 Å². The highest BCUT2D eigenvalue weighted by molar-refractivity contribution is 5.88. The first-order valence-corrected chi connectivity index (χ1v) is 6.48. The maximum absolute atomic E-state index is 10.6. The van der Waals surface area contributed by atoms with E-state index < -0.39 is 5.97 Å². The maximum atomic E-state index is 10.6. The Balaban J connectivity index is 0.000000315. The Morgan fingerprint density at radius 1 is 0.857 bits per heavy atom. The van der Waals surface area contributed by atoms with Crippen LogP contribution in [0.15, 0.2) is 54.6 Å². The Kier molecular flexibility index (Phi) is 6.14. The number of carboxylic acid groups (broad SMARTS) is 1. The molecule has 0 saturated heterocycles. The number of hydrogen-bond acceptors (Lipinski definition) is 2. The molecule has 0 radical (unpaired) electrons. The summed E-state index contributed by atoms with van der Waals surface area (Å²) in [7, 11) is 3.45. The van der Waals surface area contributed by atoms with Gasteiger partial charge in [-0.3, -0.25) is 4.79 Å². The summed E-state index contributed by atoms with van der Waals surface area (Å²) in [5.41, 5.74) is 2.43. The van der Waals surface area contributed by atoms with Gasteiger partial charge in [0, 0.05) is 21.0 Å². The minimum absolute atomic E-state index is 0.0926. The summed E-state index contributed by atoms with van der Waals surface area (Å²) in [6.07, 6.45) is 0. The van der Waals surface area contributed by atoms with Crippen molar-refractivity contribution in [3.63, 3.8) is 0 Å². The minimum Gasteiger partial charge on any atom is -0.478 e. The lowest BCUT2D eigenvalue weighted by molar-refractivity contribution is -0.126. The van der Waals surface area contributed by atoms with Crippen LogP contribution < -0.4 is 0 Å². The van der Waals surface area contributed by atoms with Gasteiger partial charge in [0.25, 0.3) is 0 Å². The molecule has 1 amide bonds. The third kappa shape index (κ3) is 5.48. The molecule has 110 valence electrons. The number of benzene rings is 2. The summed E-state index contributed by atoms with van der Waals surface area (Å²) < 4.78 is 0. The van der Waals surface area contributed by atoms with Crippen molar-refractivity contribution in [2.24, 2.45) is 0 Å². The highest BCUT2D eigenvalue weighted by atomic mass is 16.4. The monoisotopic (exact) mass is 285 g/mol. The van der Waals surface area contributed by atoms with Crippen molar-refractivity contribution in [3.05, 3.63) is 60.2 Å². The lowest BCUT2D eigenvalue weighted by Gasteiger charge is -2.02. The van der Waals surface area contributed by atoms with Crippen molar-refractivity contribution in [1.29, 1.82) is 0 Å². The SMILES string of the molecule is CC(=O)N(C)C.O=C(O)c1ccc(-c2ccccc2)cc1. The van der Waals surface area contributed by atoms with E-state index in [1.165, 1.54) is 11.8 Å². The second-order valence-corrected chi connectivity index (χ2v) is 4.66. The largest absolute Gasteiger partial charge is 0.478 e. The molecule has 0 aromatic heterocycles. The molecule has 4 nitrogen and oxygen atoms in total. The lowest BCUT2D eigenvalue weighted by Crippen LogP contribution is -2.17. The second-order valence-electron chi connectivity index (χ2n) is 4.66. The van der Waals surface area contributed by atoms with Crippen molar-refractivity contribution in [3.8, 4) is 11.1 Å². The normalized spacial score (nSPS) is 9.29. The van der Waals surface area contributed by atoms with E-state index in [4.69, 9.17) is 5.11 Å². The molecule has 0 heterocycles. The Bertz CT molecular complexity index is 589. The molecule has 2 rings (SSSR count). The Hall–Kier alpha value is -2.62. The van der Waals surface area contributed by atoms with Gasteiger partial charge in [0.2, 0.25) is 5.91 Å². The predicted octanol–water partition coefficient (Wildman–Crippen LogP) is 3.15. The summed E-state index contributed by atoms with van der Waals surface area (Å²) in [4.78, 5) is 22.2. The van der Waals surface area contributed by atoms with Gasteiger partial charge < -0.3 is 10.0 Å². The average Bonchev–Trinajstić information content (AvgIpc) is 2.49. The Morgan fingerprint density at radius 3 is 1.67 bits per heavy atom. The Morgan fingerprint density at radius 2 is 1.29 bits per heavy atom. The van der Waals surface area contributed by atoms with E-state index in [0.717, 1.165) is 11.1 Å². The van der Waals surface area contributed by atoms with Gasteiger partial charge in [0.15, 0.2) is 0 Å². The van der Waals surface area contributed by atoms with Crippen LogP contribution in [0, 0.1) is 0 Å². The first-order valence-electron chi connectivity index (χ1n) is 6.48. The van der Waals surface area contributed by atoms with Crippen LogP contribution in [-0.4, -0.2) is 36.0 Å². The van der Waals surface area contributed by atoms with E-state index >= 15 is 0 Å². The van der Waals surface area contributed by atoms with Crippen molar-refractivity contribution >= 4 is 11.9 Å². The zero-order chi connectivity index (χ0) is 15.8. The number of nitrogens with zero attached hydrogens (tertiary/aromatic N) is 1. The molecule has 0 unspecified atom stereocenters. The molecule has 0 aliphatic heterocycles. The second kappa shape index (κ2) is 7.85. The third-order valence-electron chi connectivity index (χ3n) is 2.87. The predicted molar refractivity (Wildman–Crippen MR) is 83.2 cm³/mol. The molecule has 0 bridgehead atoms. The minimum atomic E-state index is -0.894.